The summed E-state index contributed by atoms with van der Waals surface area (Å²) in [5, 5.41) is 18.4. The number of methoxy groups -OCH3 is 1. The summed E-state index contributed by atoms with van der Waals surface area (Å²) in [6, 6.07) is 5.76. The highest BCUT2D eigenvalue weighted by molar-refractivity contribution is 5.37. The van der Waals surface area contributed by atoms with Crippen LogP contribution < -0.4 is 4.74 Å². The number of aliphatic hydroxyl groups is 2. The number of rotatable bonds is 6. The van der Waals surface area contributed by atoms with Gasteiger partial charge in [0, 0.05) is 6.61 Å². The average Bonchev–Trinajstić information content (AvgIpc) is 2.29. The van der Waals surface area contributed by atoms with E-state index in [2.05, 4.69) is 0 Å². The molecule has 0 saturated carbocycles. The van der Waals surface area contributed by atoms with Crippen molar-refractivity contribution in [1.82, 2.24) is 0 Å². The van der Waals surface area contributed by atoms with Crippen LogP contribution in [0, 0.1) is 0 Å². The number of hydrogen-bond donors (Lipinski definition) is 2. The molecule has 0 aliphatic rings. The molecule has 0 radical (unpaired) electrons. The molecule has 0 unspecified atom stereocenters. The van der Waals surface area contributed by atoms with Crippen LogP contribution in [0.25, 0.3) is 0 Å². The lowest BCUT2D eigenvalue weighted by Crippen LogP contribution is -2.00. The second kappa shape index (κ2) is 6.51. The number of benzene rings is 1. The van der Waals surface area contributed by atoms with E-state index in [0.717, 1.165) is 36.1 Å². The van der Waals surface area contributed by atoms with Crippen LogP contribution in [0.5, 0.6) is 5.75 Å². The molecule has 0 spiro atoms. The number of ether oxygens (including phenoxy) is 1. The molecule has 0 aliphatic heterocycles. The third-order valence-corrected chi connectivity index (χ3v) is 2.66. The van der Waals surface area contributed by atoms with Crippen molar-refractivity contribution in [2.24, 2.45) is 0 Å². The maximum Gasteiger partial charge on any atom is 0.119 e. The largest absolute Gasteiger partial charge is 0.497 e. The molecular weight excluding hydrogens is 204 g/mol. The Bertz CT molecular complexity index is 321. The van der Waals surface area contributed by atoms with Crippen LogP contribution in [-0.2, 0) is 6.42 Å². The summed E-state index contributed by atoms with van der Waals surface area (Å²) in [6.07, 6.45) is 2.12. The number of unbranched alkanes of at least 4 members (excludes halogenated alkanes) is 1. The van der Waals surface area contributed by atoms with Crippen LogP contribution >= 0.6 is 0 Å². The minimum absolute atomic E-state index is 0.222. The van der Waals surface area contributed by atoms with Gasteiger partial charge in [0.15, 0.2) is 0 Å². The maximum atomic E-state index is 9.68. The van der Waals surface area contributed by atoms with E-state index >= 15 is 0 Å². The van der Waals surface area contributed by atoms with Crippen LogP contribution in [0.15, 0.2) is 18.2 Å². The van der Waals surface area contributed by atoms with Crippen LogP contribution in [0.3, 0.4) is 0 Å². The molecule has 0 aromatic heterocycles. The normalized spacial score (nSPS) is 12.5. The van der Waals surface area contributed by atoms with Gasteiger partial charge in [0.2, 0.25) is 0 Å². The molecule has 0 saturated heterocycles. The lowest BCUT2D eigenvalue weighted by Gasteiger charge is -2.13. The molecule has 1 aromatic rings. The summed E-state index contributed by atoms with van der Waals surface area (Å²) in [7, 11) is 1.62. The van der Waals surface area contributed by atoms with E-state index in [9.17, 15) is 5.11 Å². The van der Waals surface area contributed by atoms with Crippen molar-refractivity contribution < 1.29 is 14.9 Å². The molecular formula is C13H20O3. The summed E-state index contributed by atoms with van der Waals surface area (Å²) in [6.45, 7) is 1.98. The minimum atomic E-state index is -0.487. The van der Waals surface area contributed by atoms with Crippen molar-refractivity contribution in [3.05, 3.63) is 29.3 Å². The first kappa shape index (κ1) is 13.0. The quantitative estimate of drug-likeness (QED) is 0.727. The summed E-state index contributed by atoms with van der Waals surface area (Å²) in [4.78, 5) is 0. The van der Waals surface area contributed by atoms with Gasteiger partial charge in [-0.3, -0.25) is 0 Å². The zero-order valence-electron chi connectivity index (χ0n) is 9.94. The molecule has 0 heterocycles. The Morgan fingerprint density at radius 3 is 2.62 bits per heavy atom. The molecule has 0 fully saturated rings. The Balaban J connectivity index is 2.81. The molecule has 1 atom stereocenters. The molecule has 1 aromatic carbocycles. The molecule has 0 aliphatic carbocycles. The zero-order chi connectivity index (χ0) is 12.0. The number of aliphatic hydroxyl groups excluding tert-OH is 2. The zero-order valence-corrected chi connectivity index (χ0v) is 9.94. The SMILES string of the molecule is COc1ccc(CCCCO)c([C@@H](C)O)c1. The van der Waals surface area contributed by atoms with Crippen LogP contribution in [-0.4, -0.2) is 23.9 Å². The molecule has 90 valence electrons. The maximum absolute atomic E-state index is 9.68. The Kier molecular flexibility index (Phi) is 5.29. The van der Waals surface area contributed by atoms with Crippen molar-refractivity contribution in [3.8, 4) is 5.75 Å². The van der Waals surface area contributed by atoms with Crippen LogP contribution in [0.1, 0.15) is 37.0 Å². The van der Waals surface area contributed by atoms with Crippen molar-refractivity contribution >= 4 is 0 Å². The number of aryl methyl sites for hydroxylation is 1. The second-order valence-electron chi connectivity index (χ2n) is 3.92. The first-order chi connectivity index (χ1) is 7.69. The van der Waals surface area contributed by atoms with E-state index < -0.39 is 6.10 Å². The molecule has 2 N–H and O–H groups in total. The average molecular weight is 224 g/mol. The Morgan fingerprint density at radius 1 is 1.31 bits per heavy atom. The van der Waals surface area contributed by atoms with E-state index in [1.165, 1.54) is 0 Å². The van der Waals surface area contributed by atoms with E-state index in [-0.39, 0.29) is 6.61 Å². The fourth-order valence-electron chi connectivity index (χ4n) is 1.74. The highest BCUT2D eigenvalue weighted by Crippen LogP contribution is 2.24. The number of hydrogen-bond acceptors (Lipinski definition) is 3. The molecule has 0 bridgehead atoms. The molecule has 16 heavy (non-hydrogen) atoms. The monoisotopic (exact) mass is 224 g/mol. The topological polar surface area (TPSA) is 49.7 Å². The lowest BCUT2D eigenvalue weighted by atomic mass is 9.98. The fourth-order valence-corrected chi connectivity index (χ4v) is 1.74. The molecule has 0 amide bonds. The molecule has 3 nitrogen and oxygen atoms in total. The van der Waals surface area contributed by atoms with Gasteiger partial charge in [-0.05, 0) is 49.4 Å². The first-order valence-corrected chi connectivity index (χ1v) is 5.64. The van der Waals surface area contributed by atoms with Gasteiger partial charge in [-0.2, -0.15) is 0 Å². The van der Waals surface area contributed by atoms with Crippen molar-refractivity contribution in [1.29, 1.82) is 0 Å². The third kappa shape index (κ3) is 3.51. The lowest BCUT2D eigenvalue weighted by molar-refractivity contribution is 0.197. The van der Waals surface area contributed by atoms with Gasteiger partial charge in [0.05, 0.1) is 13.2 Å². The van der Waals surface area contributed by atoms with Gasteiger partial charge in [0.25, 0.3) is 0 Å². The summed E-state index contributed by atoms with van der Waals surface area (Å²) >= 11 is 0. The molecule has 1 rings (SSSR count). The highest BCUT2D eigenvalue weighted by atomic mass is 16.5. The predicted octanol–water partition coefficient (Wildman–Crippen LogP) is 2.06. The van der Waals surface area contributed by atoms with Gasteiger partial charge < -0.3 is 14.9 Å². The smallest absolute Gasteiger partial charge is 0.119 e. The van der Waals surface area contributed by atoms with E-state index in [1.807, 2.05) is 18.2 Å². The van der Waals surface area contributed by atoms with E-state index in [4.69, 9.17) is 9.84 Å². The summed E-state index contributed by atoms with van der Waals surface area (Å²) in [5.41, 5.74) is 2.04. The summed E-state index contributed by atoms with van der Waals surface area (Å²) in [5.74, 6) is 0.766. The van der Waals surface area contributed by atoms with Gasteiger partial charge in [-0.1, -0.05) is 6.07 Å². The third-order valence-electron chi connectivity index (χ3n) is 2.66. The van der Waals surface area contributed by atoms with Crippen molar-refractivity contribution in [2.75, 3.05) is 13.7 Å². The van der Waals surface area contributed by atoms with Crippen molar-refractivity contribution in [3.63, 3.8) is 0 Å². The predicted molar refractivity (Wildman–Crippen MR) is 63.7 cm³/mol. The Morgan fingerprint density at radius 2 is 2.06 bits per heavy atom. The van der Waals surface area contributed by atoms with E-state index in [1.54, 1.807) is 14.0 Å². The Hall–Kier alpha value is -1.06. The van der Waals surface area contributed by atoms with Gasteiger partial charge in [-0.25, -0.2) is 0 Å². The minimum Gasteiger partial charge on any atom is -0.497 e. The van der Waals surface area contributed by atoms with Gasteiger partial charge in [-0.15, -0.1) is 0 Å². The fraction of sp³-hybridized carbons (Fsp3) is 0.538. The second-order valence-corrected chi connectivity index (χ2v) is 3.92. The van der Waals surface area contributed by atoms with Crippen molar-refractivity contribution in [2.45, 2.75) is 32.3 Å². The Labute approximate surface area is 96.7 Å². The van der Waals surface area contributed by atoms with Gasteiger partial charge >= 0.3 is 0 Å². The van der Waals surface area contributed by atoms with Crippen LogP contribution in [0.4, 0.5) is 0 Å². The van der Waals surface area contributed by atoms with E-state index in [0.29, 0.717) is 0 Å². The standard InChI is InChI=1S/C13H20O3/c1-10(15)13-9-12(16-2)7-6-11(13)5-3-4-8-14/h6-7,9-10,14-15H,3-5,8H2,1-2H3/t10-/m1/s1. The molecule has 3 heteroatoms. The summed E-state index contributed by atoms with van der Waals surface area (Å²) < 4.78 is 5.13. The first-order valence-electron chi connectivity index (χ1n) is 5.64. The highest BCUT2D eigenvalue weighted by Gasteiger charge is 2.09. The van der Waals surface area contributed by atoms with Crippen LogP contribution in [0.2, 0.25) is 0 Å². The van der Waals surface area contributed by atoms with Gasteiger partial charge in [0.1, 0.15) is 5.75 Å².